The lowest BCUT2D eigenvalue weighted by molar-refractivity contribution is -0.145. The summed E-state index contributed by atoms with van der Waals surface area (Å²) in [6.45, 7) is 1.18. The van der Waals surface area contributed by atoms with Crippen LogP contribution < -0.4 is 4.90 Å². The molecule has 7 rings (SSSR count). The van der Waals surface area contributed by atoms with E-state index in [0.29, 0.717) is 30.1 Å². The second kappa shape index (κ2) is 9.86. The van der Waals surface area contributed by atoms with Gasteiger partial charge in [0.1, 0.15) is 11.5 Å². The lowest BCUT2D eigenvalue weighted by atomic mass is 9.60. The first kappa shape index (κ1) is 28.5. The number of hydrogen-bond acceptors (Lipinski definition) is 5. The van der Waals surface area contributed by atoms with Crippen molar-refractivity contribution in [2.75, 3.05) is 18.0 Å². The third-order valence-electron chi connectivity index (χ3n) is 9.01. The molecule has 4 aromatic rings. The van der Waals surface area contributed by atoms with Crippen LogP contribution in [-0.4, -0.2) is 38.7 Å². The van der Waals surface area contributed by atoms with Gasteiger partial charge in [-0.1, -0.05) is 28.9 Å². The predicted molar refractivity (Wildman–Crippen MR) is 147 cm³/mol. The molecule has 1 N–H and O–H groups in total. The summed E-state index contributed by atoms with van der Waals surface area (Å²) >= 11 is 0. The van der Waals surface area contributed by atoms with Gasteiger partial charge in [-0.05, 0) is 68.2 Å². The van der Waals surface area contributed by atoms with E-state index in [9.17, 15) is 36.2 Å². The van der Waals surface area contributed by atoms with Gasteiger partial charge in [-0.3, -0.25) is 4.40 Å². The summed E-state index contributed by atoms with van der Waals surface area (Å²) in [5.74, 6) is -2.05. The van der Waals surface area contributed by atoms with Crippen LogP contribution in [0.4, 0.5) is 32.0 Å². The van der Waals surface area contributed by atoms with Crippen molar-refractivity contribution in [2.45, 2.75) is 56.8 Å². The first-order valence-electron chi connectivity index (χ1n) is 14.3. The number of benzene rings is 1. The van der Waals surface area contributed by atoms with Crippen molar-refractivity contribution < 1.29 is 40.8 Å². The van der Waals surface area contributed by atoms with E-state index in [1.165, 1.54) is 24.4 Å². The summed E-state index contributed by atoms with van der Waals surface area (Å²) in [7, 11) is 0. The van der Waals surface area contributed by atoms with Crippen molar-refractivity contribution >= 4 is 23.2 Å². The minimum Gasteiger partial charge on any atom is -0.476 e. The van der Waals surface area contributed by atoms with Gasteiger partial charge in [-0.25, -0.2) is 9.78 Å². The number of pyridine rings is 1. The molecule has 7 nitrogen and oxygen atoms in total. The Labute approximate surface area is 246 Å². The molecule has 0 bridgehead atoms. The smallest absolute Gasteiger partial charge is 0.450 e. The number of allylic oxidation sites excluding steroid dienone is 1. The van der Waals surface area contributed by atoms with E-state index in [1.54, 1.807) is 12.1 Å². The molecule has 1 aliphatic heterocycles. The van der Waals surface area contributed by atoms with Crippen LogP contribution in [0.15, 0.2) is 52.7 Å². The van der Waals surface area contributed by atoms with Crippen LogP contribution in [0.25, 0.3) is 22.9 Å². The number of carboxylic acid groups (broad SMARTS) is 1. The molecular formula is C31H26F6N4O3. The molecule has 2 saturated carbocycles. The number of aromatic nitrogens is 3. The van der Waals surface area contributed by atoms with Crippen LogP contribution in [0.2, 0.25) is 0 Å². The highest BCUT2D eigenvalue weighted by Crippen LogP contribution is 2.54. The van der Waals surface area contributed by atoms with Crippen LogP contribution in [0.1, 0.15) is 77.6 Å². The number of carbonyl (C=O) groups is 1. The maximum Gasteiger partial charge on any atom is 0.450 e. The van der Waals surface area contributed by atoms with Crippen LogP contribution in [0.5, 0.6) is 0 Å². The number of nitrogens with zero attached hydrogens (tertiary/aromatic N) is 4. The van der Waals surface area contributed by atoms with Crippen molar-refractivity contribution in [1.29, 1.82) is 0 Å². The standard InChI is InChI=1S/C31H26F6N4O3/c32-30(33,34)22-4-2-1-3-20(22)24-21(26(44-39-24)18-5-6-18)13-17-14-29(15-17)9-11-40(12-10-29)19-7-8-23-25(27(42)43)38-28(31(35,36)37)41(23)16-19/h1-4,7-8,13,16,18H,5-6,9-12,14-15H2,(H,42,43). The molecule has 0 atom stereocenters. The lowest BCUT2D eigenvalue weighted by Gasteiger charge is -2.50. The molecule has 2 aliphatic carbocycles. The van der Waals surface area contributed by atoms with E-state index >= 15 is 0 Å². The molecular weight excluding hydrogens is 590 g/mol. The number of anilines is 1. The molecule has 4 heterocycles. The highest BCUT2D eigenvalue weighted by molar-refractivity contribution is 5.94. The van der Waals surface area contributed by atoms with Gasteiger partial charge in [0.25, 0.3) is 0 Å². The molecule has 3 aromatic heterocycles. The second-order valence-corrected chi connectivity index (χ2v) is 12.0. The largest absolute Gasteiger partial charge is 0.476 e. The summed E-state index contributed by atoms with van der Waals surface area (Å²) in [4.78, 5) is 16.8. The van der Waals surface area contributed by atoms with E-state index in [-0.39, 0.29) is 28.1 Å². The number of aromatic carboxylic acids is 1. The molecule has 3 aliphatic rings. The Balaban J connectivity index is 1.10. The molecule has 1 spiro atoms. The van der Waals surface area contributed by atoms with Gasteiger partial charge in [0.15, 0.2) is 5.69 Å². The Hall–Kier alpha value is -4.29. The highest BCUT2D eigenvalue weighted by Gasteiger charge is 2.44. The zero-order valence-electron chi connectivity index (χ0n) is 23.2. The first-order valence-corrected chi connectivity index (χ1v) is 14.3. The fourth-order valence-corrected chi connectivity index (χ4v) is 6.65. The Morgan fingerprint density at radius 1 is 1.00 bits per heavy atom. The fourth-order valence-electron chi connectivity index (χ4n) is 6.65. The molecule has 230 valence electrons. The van der Waals surface area contributed by atoms with Crippen molar-refractivity contribution in [3.63, 3.8) is 0 Å². The minimum absolute atomic E-state index is 0.00397. The highest BCUT2D eigenvalue weighted by atomic mass is 19.4. The normalized spacial score (nSPS) is 18.6. The van der Waals surface area contributed by atoms with Crippen molar-refractivity contribution in [3.05, 3.63) is 76.6 Å². The molecule has 44 heavy (non-hydrogen) atoms. The summed E-state index contributed by atoms with van der Waals surface area (Å²) in [5, 5.41) is 13.4. The van der Waals surface area contributed by atoms with E-state index in [1.807, 2.05) is 11.0 Å². The van der Waals surface area contributed by atoms with Gasteiger partial charge >= 0.3 is 18.3 Å². The summed E-state index contributed by atoms with van der Waals surface area (Å²) in [6, 6.07) is 8.32. The van der Waals surface area contributed by atoms with Gasteiger partial charge in [-0.2, -0.15) is 26.3 Å². The molecule has 1 saturated heterocycles. The number of rotatable bonds is 5. The zero-order valence-corrected chi connectivity index (χ0v) is 23.2. The van der Waals surface area contributed by atoms with Crippen LogP contribution >= 0.6 is 0 Å². The van der Waals surface area contributed by atoms with E-state index < -0.39 is 35.4 Å². The molecule has 13 heteroatoms. The summed E-state index contributed by atoms with van der Waals surface area (Å²) in [5.41, 5.74) is 0.885. The van der Waals surface area contributed by atoms with Gasteiger partial charge < -0.3 is 14.5 Å². The number of piperidine rings is 1. The minimum atomic E-state index is -4.82. The third kappa shape index (κ3) is 4.91. The van der Waals surface area contributed by atoms with Gasteiger partial charge in [-0.15, -0.1) is 0 Å². The number of fused-ring (bicyclic) bond motifs is 1. The maximum atomic E-state index is 13.8. The van der Waals surface area contributed by atoms with Gasteiger partial charge in [0.2, 0.25) is 5.82 Å². The third-order valence-corrected chi connectivity index (χ3v) is 9.01. The van der Waals surface area contributed by atoms with Gasteiger partial charge in [0, 0.05) is 36.3 Å². The number of alkyl halides is 6. The maximum absolute atomic E-state index is 13.8. The number of halogens is 6. The molecule has 1 aromatic carbocycles. The van der Waals surface area contributed by atoms with Crippen LogP contribution in [0, 0.1) is 5.41 Å². The van der Waals surface area contributed by atoms with Crippen LogP contribution in [-0.2, 0) is 12.4 Å². The van der Waals surface area contributed by atoms with Crippen molar-refractivity contribution in [2.24, 2.45) is 5.41 Å². The lowest BCUT2D eigenvalue weighted by Crippen LogP contribution is -2.44. The predicted octanol–water partition coefficient (Wildman–Crippen LogP) is 8.07. The molecule has 0 radical (unpaired) electrons. The zero-order chi connectivity index (χ0) is 31.0. The Morgan fingerprint density at radius 3 is 2.34 bits per heavy atom. The quantitative estimate of drug-likeness (QED) is 0.229. The monoisotopic (exact) mass is 616 g/mol. The molecule has 0 unspecified atom stereocenters. The SMILES string of the molecule is O=C(O)c1nc(C(F)(F)F)n2cc(N3CCC4(CC3)CC(=Cc3c(-c5ccccc5C(F)(F)F)noc3C3CC3)C4)ccc12. The number of hydrogen-bond donors (Lipinski definition) is 1. The van der Waals surface area contributed by atoms with E-state index in [0.717, 1.165) is 54.6 Å². The second-order valence-electron chi connectivity index (χ2n) is 12.0. The number of carboxylic acids is 1. The van der Waals surface area contributed by atoms with Crippen LogP contribution in [0.3, 0.4) is 0 Å². The average molecular weight is 617 g/mol. The average Bonchev–Trinajstić information content (AvgIpc) is 3.58. The summed E-state index contributed by atoms with van der Waals surface area (Å²) in [6.07, 6.45) is -1.25. The number of imidazole rings is 1. The molecule has 3 fully saturated rings. The van der Waals surface area contributed by atoms with E-state index in [2.05, 4.69) is 10.1 Å². The fraction of sp³-hybridized carbons (Fsp3) is 0.387. The Kier molecular flexibility index (Phi) is 6.38. The van der Waals surface area contributed by atoms with Crippen molar-refractivity contribution in [1.82, 2.24) is 14.5 Å². The van der Waals surface area contributed by atoms with Gasteiger partial charge in [0.05, 0.1) is 16.8 Å². The summed E-state index contributed by atoms with van der Waals surface area (Å²) < 4.78 is 88.6. The Bertz CT molecular complexity index is 1800. The topological polar surface area (TPSA) is 83.9 Å². The Morgan fingerprint density at radius 2 is 1.70 bits per heavy atom. The molecule has 0 amide bonds. The van der Waals surface area contributed by atoms with E-state index in [4.69, 9.17) is 4.52 Å². The first-order chi connectivity index (χ1) is 20.8. The van der Waals surface area contributed by atoms with Crippen molar-refractivity contribution in [3.8, 4) is 11.3 Å².